The maximum atomic E-state index is 7.25. The molecule has 6 N–H and O–H groups in total. The molecule has 1 unspecified atom stereocenters. The number of aliphatic imine (C=N–C) groups is 2. The fourth-order valence-corrected chi connectivity index (χ4v) is 6.56. The Balaban J connectivity index is 2.06. The molecule has 3 aliphatic heterocycles. The van der Waals surface area contributed by atoms with Gasteiger partial charge in [-0.3, -0.25) is 15.5 Å². The van der Waals surface area contributed by atoms with Crippen molar-refractivity contribution in [2.75, 3.05) is 14.1 Å². The minimum atomic E-state index is -1.02. The first kappa shape index (κ1) is 24.3. The van der Waals surface area contributed by atoms with E-state index in [1.165, 1.54) is 0 Å². The Hall–Kier alpha value is -1.38. The predicted octanol–water partition coefficient (Wildman–Crippen LogP) is 2.09. The molecule has 31 heavy (non-hydrogen) atoms. The van der Waals surface area contributed by atoms with Gasteiger partial charge in [-0.1, -0.05) is 0 Å². The predicted molar refractivity (Wildman–Crippen MR) is 130 cm³/mol. The summed E-state index contributed by atoms with van der Waals surface area (Å²) in [5, 5.41) is 0. The molecule has 8 heteroatoms. The number of nitrogens with two attached hydrogens (primary N) is 3. The SMILES string of the molecule is CN1C(C)(C)CC(N2C(N)=NC(N)=NC2(N)C2CC(C)(C)N(C)C(C)(C)C2)CC1(C)C. The van der Waals surface area contributed by atoms with Crippen LogP contribution in [0.1, 0.15) is 81.1 Å². The fourth-order valence-electron chi connectivity index (χ4n) is 6.56. The summed E-state index contributed by atoms with van der Waals surface area (Å²) in [7, 11) is 4.41. The summed E-state index contributed by atoms with van der Waals surface area (Å²) in [6.45, 7) is 18.3. The van der Waals surface area contributed by atoms with Gasteiger partial charge in [0.1, 0.15) is 0 Å². The second kappa shape index (κ2) is 7.06. The number of likely N-dealkylation sites (tertiary alicyclic amines) is 2. The molecule has 0 saturated carbocycles. The topological polar surface area (TPSA) is 112 Å². The van der Waals surface area contributed by atoms with Gasteiger partial charge in [0, 0.05) is 34.1 Å². The lowest BCUT2D eigenvalue weighted by atomic mass is 9.70. The molecule has 0 bridgehead atoms. The lowest BCUT2D eigenvalue weighted by molar-refractivity contribution is -0.0966. The fraction of sp³-hybridized carbons (Fsp3) is 0.913. The summed E-state index contributed by atoms with van der Waals surface area (Å²) in [6.07, 6.45) is 3.67. The number of nitrogens with zero attached hydrogens (tertiary/aromatic N) is 5. The van der Waals surface area contributed by atoms with Crippen LogP contribution >= 0.6 is 0 Å². The quantitative estimate of drug-likeness (QED) is 0.613. The highest BCUT2D eigenvalue weighted by atomic mass is 15.5. The van der Waals surface area contributed by atoms with Crippen LogP contribution in [0.4, 0.5) is 0 Å². The van der Waals surface area contributed by atoms with Crippen LogP contribution in [0.25, 0.3) is 0 Å². The van der Waals surface area contributed by atoms with Crippen LogP contribution < -0.4 is 17.2 Å². The minimum Gasteiger partial charge on any atom is -0.369 e. The molecule has 3 rings (SSSR count). The van der Waals surface area contributed by atoms with E-state index in [4.69, 9.17) is 22.2 Å². The maximum Gasteiger partial charge on any atom is 0.222 e. The van der Waals surface area contributed by atoms with Crippen molar-refractivity contribution >= 4 is 11.9 Å². The normalized spacial score (nSPS) is 34.4. The van der Waals surface area contributed by atoms with Crippen molar-refractivity contribution in [1.29, 1.82) is 0 Å². The van der Waals surface area contributed by atoms with Crippen molar-refractivity contribution in [2.24, 2.45) is 33.1 Å². The monoisotopic (exact) mass is 434 g/mol. The van der Waals surface area contributed by atoms with E-state index in [9.17, 15) is 0 Å². The first-order valence-electron chi connectivity index (χ1n) is 11.6. The van der Waals surface area contributed by atoms with Crippen LogP contribution in [0.15, 0.2) is 9.98 Å². The summed E-state index contributed by atoms with van der Waals surface area (Å²) in [5.74, 6) is -0.353. The van der Waals surface area contributed by atoms with E-state index < -0.39 is 5.79 Å². The number of hydrogen-bond acceptors (Lipinski definition) is 8. The molecule has 3 aliphatic rings. The zero-order valence-corrected chi connectivity index (χ0v) is 21.5. The number of guanidine groups is 2. The Morgan fingerprint density at radius 3 is 1.55 bits per heavy atom. The van der Waals surface area contributed by atoms with Gasteiger partial charge in [-0.25, -0.2) is 4.99 Å². The van der Waals surface area contributed by atoms with Crippen molar-refractivity contribution in [3.63, 3.8) is 0 Å². The lowest BCUT2D eigenvalue weighted by Crippen LogP contribution is -2.74. The van der Waals surface area contributed by atoms with Crippen LogP contribution in [0.3, 0.4) is 0 Å². The summed E-state index contributed by atoms with van der Waals surface area (Å²) in [6, 6.07) is 0.123. The van der Waals surface area contributed by atoms with Gasteiger partial charge in [-0.15, -0.1) is 0 Å². The molecular formula is C23H46N8. The van der Waals surface area contributed by atoms with Crippen LogP contribution in [-0.4, -0.2) is 74.7 Å². The largest absolute Gasteiger partial charge is 0.369 e. The second-order valence-electron chi connectivity index (χ2n) is 12.6. The molecule has 178 valence electrons. The summed E-state index contributed by atoms with van der Waals surface area (Å²) < 4.78 is 0. The Bertz CT molecular complexity index is 744. The van der Waals surface area contributed by atoms with Gasteiger partial charge in [-0.2, -0.15) is 4.99 Å². The Labute approximate surface area is 189 Å². The second-order valence-corrected chi connectivity index (χ2v) is 12.6. The first-order valence-corrected chi connectivity index (χ1v) is 11.6. The third-order valence-corrected chi connectivity index (χ3v) is 8.72. The van der Waals surface area contributed by atoms with Gasteiger partial charge in [-0.05, 0) is 95.2 Å². The molecule has 3 heterocycles. The Morgan fingerprint density at radius 1 is 0.742 bits per heavy atom. The van der Waals surface area contributed by atoms with Crippen LogP contribution in [0, 0.1) is 5.92 Å². The van der Waals surface area contributed by atoms with Crippen molar-refractivity contribution in [2.45, 2.75) is 115 Å². The molecule has 2 saturated heterocycles. The molecule has 2 fully saturated rings. The summed E-state index contributed by atoms with van der Waals surface area (Å²) in [5.41, 5.74) is 19.9. The summed E-state index contributed by atoms with van der Waals surface area (Å²) in [4.78, 5) is 16.2. The average molecular weight is 435 g/mol. The smallest absolute Gasteiger partial charge is 0.222 e. The number of piperidine rings is 2. The molecule has 0 radical (unpaired) electrons. The van der Waals surface area contributed by atoms with E-state index in [2.05, 4.69) is 89.2 Å². The Morgan fingerprint density at radius 2 is 1.13 bits per heavy atom. The highest BCUT2D eigenvalue weighted by molar-refractivity contribution is 5.96. The van der Waals surface area contributed by atoms with Gasteiger partial charge < -0.3 is 16.4 Å². The maximum absolute atomic E-state index is 7.25. The first-order chi connectivity index (χ1) is 13.8. The highest BCUT2D eigenvalue weighted by Gasteiger charge is 2.56. The van der Waals surface area contributed by atoms with Gasteiger partial charge in [0.25, 0.3) is 0 Å². The van der Waals surface area contributed by atoms with Crippen LogP contribution in [-0.2, 0) is 0 Å². The molecule has 8 nitrogen and oxygen atoms in total. The highest BCUT2D eigenvalue weighted by Crippen LogP contribution is 2.48. The van der Waals surface area contributed by atoms with E-state index in [0.717, 1.165) is 25.7 Å². The van der Waals surface area contributed by atoms with Crippen molar-refractivity contribution in [1.82, 2.24) is 14.7 Å². The lowest BCUT2D eigenvalue weighted by Gasteiger charge is -2.61. The number of hydrogen-bond donors (Lipinski definition) is 3. The third kappa shape index (κ3) is 3.95. The van der Waals surface area contributed by atoms with E-state index in [1.807, 2.05) is 0 Å². The zero-order valence-electron chi connectivity index (χ0n) is 21.5. The standard InChI is InChI=1S/C23H46N8/c1-19(2)11-15(12-20(3,4)29(19)9)23(26)28-17(24)27-18(25)31(23)16-13-21(5,6)30(10)22(7,8)14-16/h15-16H,11-14,26H2,1-10H3,(H4,24,25,27,28). The molecule has 1 atom stereocenters. The van der Waals surface area contributed by atoms with Crippen LogP contribution in [0.5, 0.6) is 0 Å². The van der Waals surface area contributed by atoms with E-state index in [0.29, 0.717) is 5.96 Å². The molecule has 0 aromatic heterocycles. The van der Waals surface area contributed by atoms with Gasteiger partial charge in [0.05, 0.1) is 0 Å². The minimum absolute atomic E-state index is 0.00830. The summed E-state index contributed by atoms with van der Waals surface area (Å²) >= 11 is 0. The van der Waals surface area contributed by atoms with Gasteiger partial charge >= 0.3 is 0 Å². The molecule has 0 amide bonds. The third-order valence-electron chi connectivity index (χ3n) is 8.72. The van der Waals surface area contributed by atoms with Crippen LogP contribution in [0.2, 0.25) is 0 Å². The van der Waals surface area contributed by atoms with Gasteiger partial charge in [0.15, 0.2) is 5.79 Å². The average Bonchev–Trinajstić information content (AvgIpc) is 2.55. The van der Waals surface area contributed by atoms with E-state index in [-0.39, 0.29) is 40.1 Å². The van der Waals surface area contributed by atoms with Crippen molar-refractivity contribution in [3.8, 4) is 0 Å². The Kier molecular flexibility index (Phi) is 5.52. The zero-order chi connectivity index (χ0) is 23.8. The van der Waals surface area contributed by atoms with Crippen molar-refractivity contribution < 1.29 is 0 Å². The molecule has 0 aliphatic carbocycles. The van der Waals surface area contributed by atoms with E-state index >= 15 is 0 Å². The molecule has 0 aromatic carbocycles. The molecular weight excluding hydrogens is 388 g/mol. The molecule has 0 spiro atoms. The number of rotatable bonds is 2. The van der Waals surface area contributed by atoms with Crippen molar-refractivity contribution in [3.05, 3.63) is 0 Å². The van der Waals surface area contributed by atoms with Gasteiger partial charge in [0.2, 0.25) is 11.9 Å². The molecule has 0 aromatic rings. The van der Waals surface area contributed by atoms with E-state index in [1.54, 1.807) is 0 Å².